The number of aliphatic hydroxyl groups excluding tert-OH is 2. The van der Waals surface area contributed by atoms with Gasteiger partial charge in [0.1, 0.15) is 12.2 Å². The SMILES string of the molecule is [Cu].[O-]N=C(c1ccccc1)C(O)c1ccccc1.[O-]N=C(c1ccccc1)C(O)c1ccccc1. The Balaban J connectivity index is 0.000000240. The monoisotopic (exact) mass is 515 g/mol. The summed E-state index contributed by atoms with van der Waals surface area (Å²) in [7, 11) is 0. The van der Waals surface area contributed by atoms with Crippen LogP contribution in [0.1, 0.15) is 34.5 Å². The van der Waals surface area contributed by atoms with E-state index in [1.54, 1.807) is 72.8 Å². The molecule has 0 spiro atoms. The molecule has 0 aromatic heterocycles. The molecule has 0 fully saturated rings. The Labute approximate surface area is 215 Å². The molecule has 4 aromatic carbocycles. The first kappa shape index (κ1) is 27.5. The molecule has 2 unspecified atom stereocenters. The van der Waals surface area contributed by atoms with Gasteiger partial charge in [-0.3, -0.25) is 0 Å². The van der Waals surface area contributed by atoms with Crippen molar-refractivity contribution < 1.29 is 27.3 Å². The summed E-state index contributed by atoms with van der Waals surface area (Å²) in [6.45, 7) is 0. The van der Waals surface area contributed by atoms with Crippen molar-refractivity contribution in [2.45, 2.75) is 12.2 Å². The Kier molecular flexibility index (Phi) is 11.4. The molecule has 7 heteroatoms. The van der Waals surface area contributed by atoms with Crippen LogP contribution in [0.15, 0.2) is 132 Å². The molecule has 0 amide bonds. The number of benzene rings is 4. The van der Waals surface area contributed by atoms with Crippen LogP contribution in [-0.2, 0) is 17.1 Å². The number of aliphatic hydroxyl groups is 2. The van der Waals surface area contributed by atoms with Crippen LogP contribution < -0.4 is 0 Å². The quantitative estimate of drug-likeness (QED) is 0.203. The minimum atomic E-state index is -0.990. The topological polar surface area (TPSA) is 111 Å². The normalized spacial score (nSPS) is 13.0. The van der Waals surface area contributed by atoms with Crippen molar-refractivity contribution in [1.29, 1.82) is 0 Å². The minimum Gasteiger partial charge on any atom is -0.792 e. The summed E-state index contributed by atoms with van der Waals surface area (Å²) in [6, 6.07) is 35.9. The summed E-state index contributed by atoms with van der Waals surface area (Å²) in [6.07, 6.45) is -1.98. The average molecular weight is 516 g/mol. The van der Waals surface area contributed by atoms with Gasteiger partial charge in [-0.15, -0.1) is 0 Å². The van der Waals surface area contributed by atoms with Crippen molar-refractivity contribution in [1.82, 2.24) is 0 Å². The Bertz CT molecular complexity index is 1090. The number of hydrogen-bond acceptors (Lipinski definition) is 6. The van der Waals surface area contributed by atoms with Crippen LogP contribution in [-0.4, -0.2) is 21.6 Å². The summed E-state index contributed by atoms with van der Waals surface area (Å²) in [5, 5.41) is 47.9. The van der Waals surface area contributed by atoms with Gasteiger partial charge < -0.3 is 30.9 Å². The summed E-state index contributed by atoms with van der Waals surface area (Å²) in [5.41, 5.74) is 2.86. The second-order valence-electron chi connectivity index (χ2n) is 7.31. The molecule has 0 saturated heterocycles. The maximum Gasteiger partial charge on any atom is 0.121 e. The Morgan fingerprint density at radius 1 is 0.486 bits per heavy atom. The molecule has 2 atom stereocenters. The molecule has 4 aromatic rings. The van der Waals surface area contributed by atoms with Crippen molar-refractivity contribution in [2.75, 3.05) is 0 Å². The molecule has 0 aliphatic heterocycles. The standard InChI is InChI=1S/2C14H13NO2.Cu/c2*16-14(12-9-5-2-6-10-12)13(15-17)11-7-3-1-4-8-11;/h2*1-10,14,16-17H;/p-2. The first-order valence-corrected chi connectivity index (χ1v) is 10.6. The molecule has 35 heavy (non-hydrogen) atoms. The van der Waals surface area contributed by atoms with E-state index in [1.807, 2.05) is 48.5 Å². The predicted octanol–water partition coefficient (Wildman–Crippen LogP) is 5.41. The number of nitrogens with zero attached hydrogens (tertiary/aromatic N) is 2. The van der Waals surface area contributed by atoms with Gasteiger partial charge in [-0.25, -0.2) is 0 Å². The van der Waals surface area contributed by atoms with Crippen LogP contribution in [0.3, 0.4) is 0 Å². The van der Waals surface area contributed by atoms with Gasteiger partial charge >= 0.3 is 0 Å². The molecule has 2 N–H and O–H groups in total. The molecule has 0 saturated carbocycles. The zero-order valence-corrected chi connectivity index (χ0v) is 19.6. The fourth-order valence-corrected chi connectivity index (χ4v) is 3.33. The van der Waals surface area contributed by atoms with Gasteiger partial charge in [0.2, 0.25) is 0 Å². The molecular weight excluding hydrogens is 492 g/mol. The second-order valence-corrected chi connectivity index (χ2v) is 7.31. The first-order valence-electron chi connectivity index (χ1n) is 10.6. The van der Waals surface area contributed by atoms with Gasteiger partial charge in [-0.2, -0.15) is 0 Å². The van der Waals surface area contributed by atoms with Gasteiger partial charge in [0.05, 0.1) is 11.4 Å². The van der Waals surface area contributed by atoms with Crippen molar-refractivity contribution in [3.05, 3.63) is 154 Å². The summed E-state index contributed by atoms with van der Waals surface area (Å²) in [5.74, 6) is 0. The zero-order valence-electron chi connectivity index (χ0n) is 18.6. The molecular formula is C28H24CuN2O4-2. The largest absolute Gasteiger partial charge is 0.792 e. The van der Waals surface area contributed by atoms with Crippen LogP contribution in [0.4, 0.5) is 0 Å². The third-order valence-corrected chi connectivity index (χ3v) is 5.08. The molecule has 183 valence electrons. The summed E-state index contributed by atoms with van der Waals surface area (Å²) >= 11 is 0. The average Bonchev–Trinajstić information content (AvgIpc) is 2.92. The van der Waals surface area contributed by atoms with Crippen molar-refractivity contribution in [3.63, 3.8) is 0 Å². The van der Waals surface area contributed by atoms with Crippen LogP contribution in [0.2, 0.25) is 0 Å². The van der Waals surface area contributed by atoms with Crippen LogP contribution >= 0.6 is 0 Å². The van der Waals surface area contributed by atoms with Gasteiger partial charge in [0.15, 0.2) is 0 Å². The summed E-state index contributed by atoms with van der Waals surface area (Å²) in [4.78, 5) is 0. The molecule has 6 nitrogen and oxygen atoms in total. The smallest absolute Gasteiger partial charge is 0.121 e. The fourth-order valence-electron chi connectivity index (χ4n) is 3.33. The molecule has 0 aliphatic carbocycles. The van der Waals surface area contributed by atoms with E-state index in [0.29, 0.717) is 22.3 Å². The van der Waals surface area contributed by atoms with E-state index in [1.165, 1.54) is 0 Å². The zero-order chi connectivity index (χ0) is 24.2. The Morgan fingerprint density at radius 3 is 1.00 bits per heavy atom. The van der Waals surface area contributed by atoms with Gasteiger partial charge in [-0.1, -0.05) is 121 Å². The van der Waals surface area contributed by atoms with Crippen LogP contribution in [0.25, 0.3) is 0 Å². The van der Waals surface area contributed by atoms with Crippen LogP contribution in [0, 0.1) is 10.4 Å². The fraction of sp³-hybridized carbons (Fsp3) is 0.0714. The maximum atomic E-state index is 10.9. The molecule has 0 heterocycles. The molecule has 0 bridgehead atoms. The van der Waals surface area contributed by atoms with E-state index in [-0.39, 0.29) is 28.5 Å². The first-order chi connectivity index (χ1) is 16.7. The number of rotatable bonds is 6. The molecule has 1 radical (unpaired) electrons. The maximum absolute atomic E-state index is 10.9. The van der Waals surface area contributed by atoms with Crippen molar-refractivity contribution >= 4 is 11.4 Å². The van der Waals surface area contributed by atoms with E-state index < -0.39 is 12.2 Å². The van der Waals surface area contributed by atoms with Gasteiger partial charge in [0.25, 0.3) is 0 Å². The van der Waals surface area contributed by atoms with Crippen LogP contribution in [0.5, 0.6) is 0 Å². The predicted molar refractivity (Wildman–Crippen MR) is 135 cm³/mol. The second kappa shape index (κ2) is 14.5. The minimum absolute atomic E-state index is 0. The third-order valence-electron chi connectivity index (χ3n) is 5.08. The van der Waals surface area contributed by atoms with Crippen molar-refractivity contribution in [2.24, 2.45) is 10.3 Å². The van der Waals surface area contributed by atoms with E-state index in [9.17, 15) is 20.6 Å². The van der Waals surface area contributed by atoms with E-state index >= 15 is 0 Å². The number of hydrogen-bond donors (Lipinski definition) is 2. The van der Waals surface area contributed by atoms with Gasteiger partial charge in [0, 0.05) is 17.1 Å². The van der Waals surface area contributed by atoms with E-state index in [2.05, 4.69) is 10.3 Å². The summed E-state index contributed by atoms with van der Waals surface area (Å²) < 4.78 is 0. The molecule has 4 rings (SSSR count). The Morgan fingerprint density at radius 2 is 0.743 bits per heavy atom. The van der Waals surface area contributed by atoms with Gasteiger partial charge in [-0.05, 0) is 22.3 Å². The third kappa shape index (κ3) is 7.63. The molecule has 0 aliphatic rings. The van der Waals surface area contributed by atoms with E-state index in [0.717, 1.165) is 0 Å². The van der Waals surface area contributed by atoms with E-state index in [4.69, 9.17) is 0 Å². The Hall–Kier alpha value is -3.74. The van der Waals surface area contributed by atoms with Crippen molar-refractivity contribution in [3.8, 4) is 0 Å².